The molecule has 0 saturated carbocycles. The first kappa shape index (κ1) is 12.8. The summed E-state index contributed by atoms with van der Waals surface area (Å²) in [4.78, 5) is 12.8. The molecular formula is C12H16N4OS. The summed E-state index contributed by atoms with van der Waals surface area (Å²) in [6.45, 7) is 5.24. The molecule has 6 heteroatoms. The Hall–Kier alpha value is -1.69. The van der Waals surface area contributed by atoms with E-state index in [9.17, 15) is 0 Å². The summed E-state index contributed by atoms with van der Waals surface area (Å²) >= 11 is 1.66. The number of anilines is 1. The van der Waals surface area contributed by atoms with Crippen molar-refractivity contribution in [1.29, 1.82) is 0 Å². The highest BCUT2D eigenvalue weighted by Crippen LogP contribution is 2.12. The highest BCUT2D eigenvalue weighted by atomic mass is 32.1. The van der Waals surface area contributed by atoms with Gasteiger partial charge in [-0.25, -0.2) is 9.97 Å². The number of aromatic nitrogens is 3. The predicted molar refractivity (Wildman–Crippen MR) is 72.2 cm³/mol. The Labute approximate surface area is 110 Å². The summed E-state index contributed by atoms with van der Waals surface area (Å²) in [5.74, 6) is 1.22. The van der Waals surface area contributed by atoms with Crippen molar-refractivity contribution in [1.82, 2.24) is 15.0 Å². The number of nitrogens with zero attached hydrogens (tertiary/aromatic N) is 3. The van der Waals surface area contributed by atoms with E-state index in [4.69, 9.17) is 4.74 Å². The number of aryl methyl sites for hydroxylation is 1. The van der Waals surface area contributed by atoms with Crippen LogP contribution in [0, 0.1) is 6.92 Å². The quantitative estimate of drug-likeness (QED) is 0.867. The maximum atomic E-state index is 5.38. The molecule has 1 N–H and O–H groups in total. The second-order valence-electron chi connectivity index (χ2n) is 3.71. The van der Waals surface area contributed by atoms with Crippen LogP contribution in [0.15, 0.2) is 17.6 Å². The van der Waals surface area contributed by atoms with Crippen molar-refractivity contribution in [2.45, 2.75) is 20.3 Å². The second-order valence-corrected chi connectivity index (χ2v) is 4.69. The van der Waals surface area contributed by atoms with Crippen LogP contribution in [0.4, 0.5) is 5.95 Å². The van der Waals surface area contributed by atoms with Crippen molar-refractivity contribution < 1.29 is 4.74 Å². The van der Waals surface area contributed by atoms with Gasteiger partial charge in [0.15, 0.2) is 0 Å². The van der Waals surface area contributed by atoms with Gasteiger partial charge in [-0.05, 0) is 13.8 Å². The van der Waals surface area contributed by atoms with E-state index in [1.807, 2.05) is 31.5 Å². The van der Waals surface area contributed by atoms with E-state index in [1.165, 1.54) is 0 Å². The topological polar surface area (TPSA) is 59.9 Å². The molecule has 0 fully saturated rings. The van der Waals surface area contributed by atoms with E-state index < -0.39 is 0 Å². The lowest BCUT2D eigenvalue weighted by Crippen LogP contribution is -2.09. The minimum absolute atomic E-state index is 0.606. The zero-order chi connectivity index (χ0) is 12.8. The first-order valence-electron chi connectivity index (χ1n) is 5.88. The molecule has 0 atom stereocenters. The number of hydrogen-bond acceptors (Lipinski definition) is 6. The molecule has 2 heterocycles. The average molecular weight is 264 g/mol. The van der Waals surface area contributed by atoms with Gasteiger partial charge in [0.05, 0.1) is 11.6 Å². The summed E-state index contributed by atoms with van der Waals surface area (Å²) in [5, 5.41) is 6.28. The first-order chi connectivity index (χ1) is 8.78. The molecule has 0 aliphatic rings. The zero-order valence-corrected chi connectivity index (χ0v) is 11.3. The standard InChI is InChI=1S/C12H16N4OS/c1-3-17-10-8-9(2)15-12(16-10)14-5-4-11-13-6-7-18-11/h6-8H,3-5H2,1-2H3,(H,14,15,16). The summed E-state index contributed by atoms with van der Waals surface area (Å²) in [6.07, 6.45) is 2.69. The van der Waals surface area contributed by atoms with Crippen molar-refractivity contribution in [2.24, 2.45) is 0 Å². The highest BCUT2D eigenvalue weighted by Gasteiger charge is 2.03. The largest absolute Gasteiger partial charge is 0.478 e. The normalized spacial score (nSPS) is 10.3. The van der Waals surface area contributed by atoms with Crippen LogP contribution in [0.1, 0.15) is 17.6 Å². The van der Waals surface area contributed by atoms with Crippen LogP contribution in [0.5, 0.6) is 5.88 Å². The van der Waals surface area contributed by atoms with Gasteiger partial charge < -0.3 is 10.1 Å². The third-order valence-corrected chi connectivity index (χ3v) is 3.07. The van der Waals surface area contributed by atoms with Crippen LogP contribution in [0.3, 0.4) is 0 Å². The van der Waals surface area contributed by atoms with Crippen LogP contribution < -0.4 is 10.1 Å². The van der Waals surface area contributed by atoms with Crippen molar-refractivity contribution in [3.05, 3.63) is 28.3 Å². The number of nitrogens with one attached hydrogen (secondary N) is 1. The van der Waals surface area contributed by atoms with E-state index >= 15 is 0 Å². The Morgan fingerprint density at radius 3 is 3.00 bits per heavy atom. The monoisotopic (exact) mass is 264 g/mol. The second kappa shape index (κ2) is 6.30. The molecule has 96 valence electrons. The van der Waals surface area contributed by atoms with Gasteiger partial charge in [-0.3, -0.25) is 0 Å². The number of hydrogen-bond donors (Lipinski definition) is 1. The predicted octanol–water partition coefficient (Wildman–Crippen LogP) is 2.29. The molecule has 5 nitrogen and oxygen atoms in total. The number of thiazole rings is 1. The van der Waals surface area contributed by atoms with Crippen LogP contribution in [0.2, 0.25) is 0 Å². The van der Waals surface area contributed by atoms with Gasteiger partial charge in [0.25, 0.3) is 0 Å². The summed E-state index contributed by atoms with van der Waals surface area (Å²) < 4.78 is 5.38. The lowest BCUT2D eigenvalue weighted by Gasteiger charge is -2.07. The van der Waals surface area contributed by atoms with E-state index in [0.717, 1.165) is 23.7 Å². The molecule has 2 aromatic rings. The van der Waals surface area contributed by atoms with Crippen molar-refractivity contribution in [2.75, 3.05) is 18.5 Å². The maximum absolute atomic E-state index is 5.38. The molecule has 0 aliphatic heterocycles. The van der Waals surface area contributed by atoms with E-state index in [-0.39, 0.29) is 0 Å². The first-order valence-corrected chi connectivity index (χ1v) is 6.76. The molecule has 0 radical (unpaired) electrons. The van der Waals surface area contributed by atoms with Crippen LogP contribution >= 0.6 is 11.3 Å². The van der Waals surface area contributed by atoms with E-state index in [0.29, 0.717) is 18.4 Å². The van der Waals surface area contributed by atoms with Gasteiger partial charge in [-0.2, -0.15) is 4.98 Å². The fraction of sp³-hybridized carbons (Fsp3) is 0.417. The van der Waals surface area contributed by atoms with Gasteiger partial charge in [0, 0.05) is 36.3 Å². The maximum Gasteiger partial charge on any atom is 0.226 e. The molecule has 0 aliphatic carbocycles. The molecule has 0 spiro atoms. The van der Waals surface area contributed by atoms with E-state index in [2.05, 4.69) is 20.3 Å². The fourth-order valence-corrected chi connectivity index (χ4v) is 2.12. The molecule has 18 heavy (non-hydrogen) atoms. The molecule has 0 unspecified atom stereocenters. The zero-order valence-electron chi connectivity index (χ0n) is 10.5. The molecule has 2 aromatic heterocycles. The summed E-state index contributed by atoms with van der Waals surface area (Å²) in [5.41, 5.74) is 0.894. The Morgan fingerprint density at radius 2 is 2.28 bits per heavy atom. The van der Waals surface area contributed by atoms with Gasteiger partial charge in [0.1, 0.15) is 0 Å². The van der Waals surface area contributed by atoms with Gasteiger partial charge in [-0.15, -0.1) is 11.3 Å². The third-order valence-electron chi connectivity index (χ3n) is 2.23. The SMILES string of the molecule is CCOc1cc(C)nc(NCCc2nccs2)n1. The Kier molecular flexibility index (Phi) is 4.46. The van der Waals surface area contributed by atoms with Gasteiger partial charge in [-0.1, -0.05) is 0 Å². The summed E-state index contributed by atoms with van der Waals surface area (Å²) in [6, 6.07) is 1.83. The number of rotatable bonds is 6. The van der Waals surface area contributed by atoms with Gasteiger partial charge in [0.2, 0.25) is 11.8 Å². The number of ether oxygens (including phenoxy) is 1. The average Bonchev–Trinajstić information content (AvgIpc) is 2.82. The van der Waals surface area contributed by atoms with Crippen molar-refractivity contribution in [3.63, 3.8) is 0 Å². The third kappa shape index (κ3) is 3.66. The molecule has 0 amide bonds. The molecule has 0 saturated heterocycles. The molecule has 0 bridgehead atoms. The fourth-order valence-electron chi connectivity index (χ4n) is 1.50. The molecule has 0 aromatic carbocycles. The van der Waals surface area contributed by atoms with Crippen LogP contribution in [-0.4, -0.2) is 28.1 Å². The lowest BCUT2D eigenvalue weighted by atomic mass is 10.4. The summed E-state index contributed by atoms with van der Waals surface area (Å²) in [7, 11) is 0. The van der Waals surface area contributed by atoms with Crippen LogP contribution in [-0.2, 0) is 6.42 Å². The Balaban J connectivity index is 1.92. The van der Waals surface area contributed by atoms with Crippen molar-refractivity contribution >= 4 is 17.3 Å². The highest BCUT2D eigenvalue weighted by molar-refractivity contribution is 7.09. The molecule has 2 rings (SSSR count). The minimum Gasteiger partial charge on any atom is -0.478 e. The van der Waals surface area contributed by atoms with E-state index in [1.54, 1.807) is 11.3 Å². The molecular weight excluding hydrogens is 248 g/mol. The Bertz CT molecular complexity index is 487. The van der Waals surface area contributed by atoms with Crippen molar-refractivity contribution in [3.8, 4) is 5.88 Å². The van der Waals surface area contributed by atoms with Gasteiger partial charge >= 0.3 is 0 Å². The Morgan fingerprint density at radius 1 is 1.39 bits per heavy atom. The smallest absolute Gasteiger partial charge is 0.226 e. The lowest BCUT2D eigenvalue weighted by molar-refractivity contribution is 0.326. The minimum atomic E-state index is 0.606. The van der Waals surface area contributed by atoms with Crippen LogP contribution in [0.25, 0.3) is 0 Å².